The molecule has 2 fully saturated rings. The van der Waals surface area contributed by atoms with Gasteiger partial charge >= 0.3 is 6.03 Å². The molecule has 1 N–H and O–H groups in total. The van der Waals surface area contributed by atoms with E-state index in [0.29, 0.717) is 30.9 Å². The van der Waals surface area contributed by atoms with E-state index in [-0.39, 0.29) is 30.8 Å². The zero-order valence-electron chi connectivity index (χ0n) is 19.7. The lowest BCUT2D eigenvalue weighted by atomic mass is 9.98. The molecule has 1 aliphatic carbocycles. The van der Waals surface area contributed by atoms with Crippen LogP contribution in [-0.2, 0) is 16.1 Å². The average Bonchev–Trinajstić information content (AvgIpc) is 3.57. The van der Waals surface area contributed by atoms with E-state index in [2.05, 4.69) is 5.32 Å². The van der Waals surface area contributed by atoms with E-state index in [4.69, 9.17) is 9.72 Å². The van der Waals surface area contributed by atoms with Gasteiger partial charge in [-0.25, -0.2) is 9.78 Å². The lowest BCUT2D eigenvalue weighted by Crippen LogP contribution is -2.44. The van der Waals surface area contributed by atoms with Crippen molar-refractivity contribution in [2.75, 3.05) is 18.6 Å². The third-order valence-electron chi connectivity index (χ3n) is 6.78. The summed E-state index contributed by atoms with van der Waals surface area (Å²) in [6.45, 7) is 0.622. The summed E-state index contributed by atoms with van der Waals surface area (Å²) in [7, 11) is 1.62. The lowest BCUT2D eigenvalue weighted by molar-refractivity contribution is -0.131. The van der Waals surface area contributed by atoms with Crippen molar-refractivity contribution >= 4 is 44.5 Å². The molecule has 2 aromatic carbocycles. The number of hydrogen-bond acceptors (Lipinski definition) is 6. The predicted molar refractivity (Wildman–Crippen MR) is 134 cm³/mol. The number of thiazole rings is 1. The second-order valence-electron chi connectivity index (χ2n) is 9.08. The first-order chi connectivity index (χ1) is 17.0. The summed E-state index contributed by atoms with van der Waals surface area (Å²) in [5, 5.41) is 3.51. The van der Waals surface area contributed by atoms with Crippen LogP contribution < -0.4 is 15.0 Å². The van der Waals surface area contributed by atoms with Gasteiger partial charge in [-0.1, -0.05) is 54.5 Å². The Morgan fingerprint density at radius 2 is 1.94 bits per heavy atom. The van der Waals surface area contributed by atoms with Crippen molar-refractivity contribution in [3.05, 3.63) is 54.1 Å². The molecule has 5 rings (SSSR count). The van der Waals surface area contributed by atoms with Crippen molar-refractivity contribution in [2.45, 2.75) is 50.6 Å². The minimum Gasteiger partial charge on any atom is -0.497 e. The Labute approximate surface area is 207 Å². The number of rotatable bonds is 8. The molecule has 0 unspecified atom stereocenters. The molecule has 35 heavy (non-hydrogen) atoms. The number of fused-ring (bicyclic) bond motifs is 1. The van der Waals surface area contributed by atoms with Crippen molar-refractivity contribution in [3.8, 4) is 5.75 Å². The Hall–Kier alpha value is -3.46. The first kappa shape index (κ1) is 23.3. The number of amides is 4. The normalized spacial score (nSPS) is 16.8. The van der Waals surface area contributed by atoms with Crippen LogP contribution in [0.5, 0.6) is 5.75 Å². The summed E-state index contributed by atoms with van der Waals surface area (Å²) in [5.41, 5.74) is 1.08. The molecular weight excluding hydrogens is 464 g/mol. The molecular formula is C26H28N4O4S. The maximum atomic E-state index is 13.4. The number of hydrogen-bond donors (Lipinski definition) is 1. The van der Waals surface area contributed by atoms with Crippen LogP contribution in [0.2, 0.25) is 0 Å². The molecule has 1 aromatic heterocycles. The Kier molecular flexibility index (Phi) is 6.42. The van der Waals surface area contributed by atoms with Crippen molar-refractivity contribution in [1.29, 1.82) is 0 Å². The molecule has 8 nitrogen and oxygen atoms in total. The minimum atomic E-state index is -0.720. The molecule has 2 aliphatic rings. The van der Waals surface area contributed by atoms with Crippen LogP contribution in [0.3, 0.4) is 0 Å². The number of benzene rings is 2. The van der Waals surface area contributed by atoms with Crippen LogP contribution >= 0.6 is 11.3 Å². The third-order valence-corrected chi connectivity index (χ3v) is 7.82. The van der Waals surface area contributed by atoms with E-state index in [1.54, 1.807) is 12.0 Å². The summed E-state index contributed by atoms with van der Waals surface area (Å²) in [6.07, 6.45) is 3.89. The second-order valence-corrected chi connectivity index (χ2v) is 10.1. The topological polar surface area (TPSA) is 91.8 Å². The zero-order valence-corrected chi connectivity index (χ0v) is 20.5. The Balaban J connectivity index is 1.31. The fourth-order valence-electron chi connectivity index (χ4n) is 4.88. The first-order valence-electron chi connectivity index (χ1n) is 11.9. The Morgan fingerprint density at radius 1 is 1.17 bits per heavy atom. The summed E-state index contributed by atoms with van der Waals surface area (Å²) >= 11 is 1.44. The number of ether oxygens (including phenoxy) is 1. The monoisotopic (exact) mass is 492 g/mol. The van der Waals surface area contributed by atoms with Gasteiger partial charge < -0.3 is 10.1 Å². The number of carbonyl (C=O) groups is 3. The second kappa shape index (κ2) is 9.65. The van der Waals surface area contributed by atoms with Crippen LogP contribution in [0.4, 0.5) is 9.93 Å². The van der Waals surface area contributed by atoms with Crippen molar-refractivity contribution < 1.29 is 19.1 Å². The Morgan fingerprint density at radius 3 is 2.69 bits per heavy atom. The molecule has 2 heterocycles. The van der Waals surface area contributed by atoms with E-state index in [1.807, 2.05) is 48.5 Å². The smallest absolute Gasteiger partial charge is 0.325 e. The summed E-state index contributed by atoms with van der Waals surface area (Å²) in [6, 6.07) is 15.1. The highest BCUT2D eigenvalue weighted by molar-refractivity contribution is 7.22. The van der Waals surface area contributed by atoms with Crippen molar-refractivity contribution in [1.82, 2.24) is 15.2 Å². The average molecular weight is 493 g/mol. The number of urea groups is 1. The molecule has 1 saturated carbocycles. The van der Waals surface area contributed by atoms with Crippen molar-refractivity contribution in [2.24, 2.45) is 0 Å². The van der Waals surface area contributed by atoms with Gasteiger partial charge in [-0.3, -0.25) is 19.4 Å². The number of anilines is 1. The molecule has 4 amide bonds. The molecule has 0 radical (unpaired) electrons. The molecule has 1 saturated heterocycles. The minimum absolute atomic E-state index is 0.0949. The van der Waals surface area contributed by atoms with E-state index in [9.17, 15) is 14.4 Å². The van der Waals surface area contributed by atoms with Gasteiger partial charge in [0.05, 0.1) is 23.9 Å². The maximum Gasteiger partial charge on any atom is 0.325 e. The molecule has 182 valence electrons. The van der Waals surface area contributed by atoms with E-state index in [0.717, 1.165) is 34.4 Å². The summed E-state index contributed by atoms with van der Waals surface area (Å²) in [4.78, 5) is 46.4. The van der Waals surface area contributed by atoms with E-state index in [1.165, 1.54) is 16.2 Å². The van der Waals surface area contributed by atoms with E-state index < -0.39 is 5.54 Å². The number of nitrogens with one attached hydrogen (secondary N) is 1. The Bertz CT molecular complexity index is 1250. The van der Waals surface area contributed by atoms with Gasteiger partial charge in [0.25, 0.3) is 5.91 Å². The molecule has 0 atom stereocenters. The standard InChI is InChI=1S/C26H28N4O4S/c1-34-19-11-12-20-21(16-19)35-25(27-20)30(17-18-8-3-2-4-9-18)22(31)10-7-15-29-23(32)26(28-24(29)33)13-5-6-14-26/h2-4,8-9,11-12,16H,5-7,10,13-15,17H2,1H3,(H,28,33). The third kappa shape index (κ3) is 4.60. The quantitative estimate of drug-likeness (QED) is 0.468. The van der Waals surface area contributed by atoms with Gasteiger partial charge in [0, 0.05) is 13.0 Å². The summed E-state index contributed by atoms with van der Waals surface area (Å²) < 4.78 is 6.26. The van der Waals surface area contributed by atoms with Gasteiger partial charge in [0.15, 0.2) is 5.13 Å². The number of nitrogens with zero attached hydrogens (tertiary/aromatic N) is 3. The van der Waals surface area contributed by atoms with Crippen molar-refractivity contribution in [3.63, 3.8) is 0 Å². The van der Waals surface area contributed by atoms with Crippen LogP contribution in [0.1, 0.15) is 44.1 Å². The molecule has 9 heteroatoms. The number of methoxy groups -OCH3 is 1. The summed E-state index contributed by atoms with van der Waals surface area (Å²) in [5.74, 6) is 0.499. The molecule has 1 spiro atoms. The number of carbonyl (C=O) groups excluding carboxylic acids is 3. The van der Waals surface area contributed by atoms with Gasteiger partial charge in [-0.15, -0.1) is 0 Å². The predicted octanol–water partition coefficient (Wildman–Crippen LogP) is 4.48. The fourth-order valence-corrected chi connectivity index (χ4v) is 5.89. The maximum absolute atomic E-state index is 13.4. The highest BCUT2D eigenvalue weighted by atomic mass is 32.1. The van der Waals surface area contributed by atoms with Gasteiger partial charge in [-0.05, 0) is 43.0 Å². The number of imide groups is 1. The van der Waals surface area contributed by atoms with Gasteiger partial charge in [0.1, 0.15) is 11.3 Å². The lowest BCUT2D eigenvalue weighted by Gasteiger charge is -2.21. The molecule has 3 aromatic rings. The van der Waals surface area contributed by atoms with Crippen LogP contribution in [0.25, 0.3) is 10.2 Å². The SMILES string of the molecule is COc1ccc2nc(N(Cc3ccccc3)C(=O)CCCN3C(=O)NC4(CCCC4)C3=O)sc2c1. The van der Waals surface area contributed by atoms with E-state index >= 15 is 0 Å². The largest absolute Gasteiger partial charge is 0.497 e. The van der Waals surface area contributed by atoms with Gasteiger partial charge in [-0.2, -0.15) is 0 Å². The van der Waals surface area contributed by atoms with Crippen LogP contribution in [0, 0.1) is 0 Å². The number of aromatic nitrogens is 1. The van der Waals surface area contributed by atoms with Crippen LogP contribution in [0.15, 0.2) is 48.5 Å². The molecule has 1 aliphatic heterocycles. The highest BCUT2D eigenvalue weighted by Gasteiger charge is 2.52. The molecule has 0 bridgehead atoms. The first-order valence-corrected chi connectivity index (χ1v) is 12.7. The highest BCUT2D eigenvalue weighted by Crippen LogP contribution is 2.35. The van der Waals surface area contributed by atoms with Gasteiger partial charge in [0.2, 0.25) is 5.91 Å². The van der Waals surface area contributed by atoms with Crippen LogP contribution in [-0.4, -0.2) is 46.9 Å². The zero-order chi connectivity index (χ0) is 24.4. The fraction of sp³-hybridized carbons (Fsp3) is 0.385.